The lowest BCUT2D eigenvalue weighted by molar-refractivity contribution is -0.165. The number of guanidine groups is 1. The molecule has 0 amide bonds. The Kier molecular flexibility index (Phi) is 8.27. The number of nitrogens with zero attached hydrogens (tertiary/aromatic N) is 1. The van der Waals surface area contributed by atoms with E-state index < -0.39 is 79.6 Å². The maximum absolute atomic E-state index is 15.4. The molecule has 0 unspecified atom stereocenters. The molecule has 0 heterocycles. The van der Waals surface area contributed by atoms with Crippen molar-refractivity contribution < 1.29 is 34.8 Å². The summed E-state index contributed by atoms with van der Waals surface area (Å²) in [6, 6.07) is 9.10. The maximum atomic E-state index is 15.4. The molecule has 1 spiro atoms. The number of fused-ring (bicyclic) bond motifs is 3. The lowest BCUT2D eigenvalue weighted by Gasteiger charge is -2.69. The van der Waals surface area contributed by atoms with Crippen molar-refractivity contribution >= 4 is 29.6 Å². The molecule has 7 aliphatic rings. The highest BCUT2D eigenvalue weighted by Gasteiger charge is 2.82. The summed E-state index contributed by atoms with van der Waals surface area (Å²) in [7, 11) is 0. The van der Waals surface area contributed by atoms with Gasteiger partial charge in [-0.05, 0) is 72.6 Å². The molecule has 0 radical (unpaired) electrons. The van der Waals surface area contributed by atoms with E-state index in [0.717, 1.165) is 5.56 Å². The summed E-state index contributed by atoms with van der Waals surface area (Å²) in [5.41, 5.74) is 4.33. The van der Waals surface area contributed by atoms with Gasteiger partial charge >= 0.3 is 5.97 Å². The third-order valence-electron chi connectivity index (χ3n) is 16.8. The summed E-state index contributed by atoms with van der Waals surface area (Å²) in [6.45, 7) is 12.0. The molecular weight excluding hydrogens is 707 g/mol. The number of ketones is 2. The molecule has 0 aromatic heterocycles. The largest absolute Gasteiger partial charge is 0.478 e. The van der Waals surface area contributed by atoms with Gasteiger partial charge in [0.15, 0.2) is 11.7 Å². The number of rotatable bonds is 5. The standard InChI is InChI=1S/C46H57N3O7/c1-26-33(44(54)18-10-13-28(23-44)37(52)53)30(49-38(47)48)16-20-43(26)25-45(55)21-22-46(56)29(15-14-27-11-8-7-9-12-27)35-39(2,3)32(51)17-19-40(35,4)34-31(50)24-41(43,5)42(45,6)36(34)46/h7-9,11-12,14-16,20-23,26,29-30,33,35,54-56H,10,13,17-19,24-25H2,1-6H3,(H,52,53)(H4,47,48,49)/t26-,29-,30-,33-,35-,40+,41-,42-,43-,44-,45+,46-/m0/s1. The number of allylic oxidation sites excluding steroid dienone is 2. The summed E-state index contributed by atoms with van der Waals surface area (Å²) in [6.07, 6.45) is 14.8. The number of carbonyl (C=O) groups is 3. The first kappa shape index (κ1) is 38.7. The van der Waals surface area contributed by atoms with Crippen LogP contribution >= 0.6 is 0 Å². The number of hydrogen-bond donors (Lipinski definition) is 6. The molecule has 2 fully saturated rings. The summed E-state index contributed by atoms with van der Waals surface area (Å²) < 4.78 is 0. The van der Waals surface area contributed by atoms with Crippen molar-refractivity contribution in [3.63, 3.8) is 0 Å². The van der Waals surface area contributed by atoms with Crippen LogP contribution in [-0.2, 0) is 14.4 Å². The molecule has 0 aliphatic heterocycles. The molecule has 8 rings (SSSR count). The zero-order valence-corrected chi connectivity index (χ0v) is 33.4. The number of benzene rings is 1. The van der Waals surface area contributed by atoms with E-state index in [-0.39, 0.29) is 42.4 Å². The van der Waals surface area contributed by atoms with Crippen molar-refractivity contribution in [1.82, 2.24) is 0 Å². The average molecular weight is 764 g/mol. The molecule has 0 bridgehead atoms. The SMILES string of the molecule is C[C@H]1[C@H]([C@@]2(O)C=C(C(=O)O)CCC2)[C@@H](N=C(N)N)C=C[C@]12C[C@]1(O)C=C[C@@]3(O)C4=C(C(=O)C[C@@]2(C)[C@]41C)[C@@]1(C)CCC(=O)C(C)(C)[C@@H]1[C@@H]3C=Cc1ccccc1. The molecule has 10 heteroatoms. The predicted molar refractivity (Wildman–Crippen MR) is 213 cm³/mol. The highest BCUT2D eigenvalue weighted by Crippen LogP contribution is 2.82. The Hall–Kier alpha value is -4.12. The first-order valence-electron chi connectivity index (χ1n) is 20.2. The highest BCUT2D eigenvalue weighted by atomic mass is 16.4. The first-order valence-corrected chi connectivity index (χ1v) is 20.2. The van der Waals surface area contributed by atoms with Gasteiger partial charge in [0.2, 0.25) is 0 Å². The zero-order valence-electron chi connectivity index (χ0n) is 33.4. The van der Waals surface area contributed by atoms with Crippen LogP contribution in [0.3, 0.4) is 0 Å². The lowest BCUT2D eigenvalue weighted by Crippen LogP contribution is -2.70. The average Bonchev–Trinajstić information content (AvgIpc) is 3.27. The fourth-order valence-corrected chi connectivity index (χ4v) is 14.2. The minimum Gasteiger partial charge on any atom is -0.478 e. The van der Waals surface area contributed by atoms with E-state index in [1.807, 2.05) is 89.3 Å². The molecule has 1 aromatic rings. The number of aliphatic imine (C=N–C) groups is 1. The number of aliphatic carboxylic acids is 1. The molecule has 2 saturated carbocycles. The summed E-state index contributed by atoms with van der Waals surface area (Å²) in [5, 5.41) is 49.6. The second-order valence-electron chi connectivity index (χ2n) is 19.5. The van der Waals surface area contributed by atoms with E-state index in [2.05, 4.69) is 11.9 Å². The molecule has 12 atom stereocenters. The molecule has 1 aromatic carbocycles. The molecular formula is C46H57N3O7. The number of aliphatic hydroxyl groups is 3. The number of Topliss-reactive ketones (excluding diaryl/α,β-unsaturated/α-hetero) is 2. The van der Waals surface area contributed by atoms with Crippen LogP contribution < -0.4 is 11.5 Å². The molecule has 10 nitrogen and oxygen atoms in total. The third kappa shape index (κ3) is 4.66. The van der Waals surface area contributed by atoms with Gasteiger partial charge in [0, 0.05) is 57.5 Å². The first-order chi connectivity index (χ1) is 26.1. The van der Waals surface area contributed by atoms with Gasteiger partial charge in [0.05, 0.1) is 17.2 Å². The Labute approximate surface area is 329 Å². The number of carboxylic acid groups (broad SMARTS) is 1. The predicted octanol–water partition coefficient (Wildman–Crippen LogP) is 5.44. The molecule has 8 N–H and O–H groups in total. The number of carboxylic acids is 1. The second-order valence-corrected chi connectivity index (χ2v) is 19.5. The van der Waals surface area contributed by atoms with Gasteiger partial charge in [-0.3, -0.25) is 9.59 Å². The smallest absolute Gasteiger partial charge is 0.331 e. The van der Waals surface area contributed by atoms with Crippen molar-refractivity contribution in [3.05, 3.63) is 89.1 Å². The van der Waals surface area contributed by atoms with Crippen LogP contribution in [-0.4, -0.2) is 66.8 Å². The Bertz CT molecular complexity index is 2110. The minimum absolute atomic E-state index is 0.0543. The van der Waals surface area contributed by atoms with Gasteiger partial charge in [0.25, 0.3) is 0 Å². The Morgan fingerprint density at radius 2 is 1.64 bits per heavy atom. The summed E-state index contributed by atoms with van der Waals surface area (Å²) in [5.74, 6) is -3.54. The van der Waals surface area contributed by atoms with E-state index in [0.29, 0.717) is 36.8 Å². The van der Waals surface area contributed by atoms with E-state index >= 15 is 4.79 Å². The van der Waals surface area contributed by atoms with Crippen LogP contribution in [0, 0.1) is 50.7 Å². The molecule has 7 aliphatic carbocycles. The Balaban J connectivity index is 1.38. The highest BCUT2D eigenvalue weighted by molar-refractivity contribution is 6.02. The van der Waals surface area contributed by atoms with Gasteiger partial charge in [-0.1, -0.05) is 102 Å². The van der Waals surface area contributed by atoms with Crippen LogP contribution in [0.2, 0.25) is 0 Å². The summed E-state index contributed by atoms with van der Waals surface area (Å²) in [4.78, 5) is 46.1. The van der Waals surface area contributed by atoms with Crippen LogP contribution in [0.5, 0.6) is 0 Å². The lowest BCUT2D eigenvalue weighted by atomic mass is 9.35. The fourth-order valence-electron chi connectivity index (χ4n) is 14.2. The van der Waals surface area contributed by atoms with Gasteiger partial charge in [-0.2, -0.15) is 0 Å². The van der Waals surface area contributed by atoms with E-state index in [9.17, 15) is 30.0 Å². The minimum atomic E-state index is -1.73. The Morgan fingerprint density at radius 3 is 2.30 bits per heavy atom. The van der Waals surface area contributed by atoms with Crippen molar-refractivity contribution in [2.45, 2.75) is 109 Å². The van der Waals surface area contributed by atoms with Crippen molar-refractivity contribution in [3.8, 4) is 0 Å². The zero-order chi connectivity index (χ0) is 40.6. The third-order valence-corrected chi connectivity index (χ3v) is 16.8. The molecule has 56 heavy (non-hydrogen) atoms. The van der Waals surface area contributed by atoms with Gasteiger partial charge < -0.3 is 31.9 Å². The van der Waals surface area contributed by atoms with Gasteiger partial charge in [0.1, 0.15) is 11.4 Å². The van der Waals surface area contributed by atoms with Crippen LogP contribution in [0.4, 0.5) is 0 Å². The van der Waals surface area contributed by atoms with Gasteiger partial charge in [-0.25, -0.2) is 9.79 Å². The van der Waals surface area contributed by atoms with E-state index in [1.165, 1.54) is 6.08 Å². The van der Waals surface area contributed by atoms with Crippen LogP contribution in [0.1, 0.15) is 92.1 Å². The second kappa shape index (κ2) is 12.0. The maximum Gasteiger partial charge on any atom is 0.331 e. The van der Waals surface area contributed by atoms with Gasteiger partial charge in [-0.15, -0.1) is 0 Å². The fraction of sp³-hybridized carbons (Fsp3) is 0.565. The quantitative estimate of drug-likeness (QED) is 0.129. The monoisotopic (exact) mass is 763 g/mol. The van der Waals surface area contributed by atoms with Crippen molar-refractivity contribution in [2.24, 2.45) is 67.2 Å². The number of hydrogen-bond acceptors (Lipinski definition) is 7. The number of nitrogens with two attached hydrogens (primary N) is 2. The normalized spacial score (nSPS) is 46.1. The van der Waals surface area contributed by atoms with E-state index in [4.69, 9.17) is 11.5 Å². The summed E-state index contributed by atoms with van der Waals surface area (Å²) >= 11 is 0. The topological polar surface area (TPSA) is 197 Å². The molecule has 298 valence electrons. The number of carbonyl (C=O) groups excluding carboxylic acids is 2. The van der Waals surface area contributed by atoms with Crippen LogP contribution in [0.25, 0.3) is 6.08 Å². The van der Waals surface area contributed by atoms with Crippen LogP contribution in [0.15, 0.2) is 88.5 Å². The Morgan fingerprint density at radius 1 is 0.946 bits per heavy atom. The van der Waals surface area contributed by atoms with Crippen molar-refractivity contribution in [2.75, 3.05) is 0 Å². The molecule has 0 saturated heterocycles. The van der Waals surface area contributed by atoms with E-state index in [1.54, 1.807) is 12.2 Å². The van der Waals surface area contributed by atoms with Crippen molar-refractivity contribution in [1.29, 1.82) is 0 Å².